The monoisotopic (exact) mass is 164 g/mol. The topological polar surface area (TPSA) is 17.1 Å². The molecule has 0 rings (SSSR count). The van der Waals surface area contributed by atoms with Crippen LogP contribution in [0, 0.1) is 0 Å². The Morgan fingerprint density at radius 1 is 1.08 bits per heavy atom. The number of hydrogen-bond acceptors (Lipinski definition) is 1. The van der Waals surface area contributed by atoms with Gasteiger partial charge in [0.25, 0.3) is 0 Å². The van der Waals surface area contributed by atoms with E-state index in [-0.39, 0.29) is 5.78 Å². The van der Waals surface area contributed by atoms with Crippen LogP contribution in [0.15, 0.2) is 35.5 Å². The maximum atomic E-state index is 11.2. The Labute approximate surface area is 74.5 Å². The Morgan fingerprint density at radius 2 is 1.67 bits per heavy atom. The highest BCUT2D eigenvalue weighted by molar-refractivity contribution is 6.00. The van der Waals surface area contributed by atoms with Crippen molar-refractivity contribution < 1.29 is 4.79 Å². The number of rotatable bonds is 3. The lowest BCUT2D eigenvalue weighted by Gasteiger charge is -1.89. The van der Waals surface area contributed by atoms with E-state index in [0.717, 1.165) is 11.1 Å². The van der Waals surface area contributed by atoms with Crippen LogP contribution in [-0.4, -0.2) is 5.78 Å². The molecular weight excluding hydrogens is 148 g/mol. The maximum absolute atomic E-state index is 11.2. The van der Waals surface area contributed by atoms with Crippen LogP contribution < -0.4 is 0 Å². The van der Waals surface area contributed by atoms with Gasteiger partial charge in [0.2, 0.25) is 0 Å². The van der Waals surface area contributed by atoms with E-state index in [0.29, 0.717) is 0 Å². The lowest BCUT2D eigenvalue weighted by atomic mass is 10.2. The maximum Gasteiger partial charge on any atom is 0.178 e. The molecule has 66 valence electrons. The summed E-state index contributed by atoms with van der Waals surface area (Å²) in [7, 11) is 0. The molecule has 0 saturated heterocycles. The van der Waals surface area contributed by atoms with Crippen molar-refractivity contribution in [2.45, 2.75) is 27.7 Å². The zero-order valence-corrected chi connectivity index (χ0v) is 8.22. The average molecular weight is 164 g/mol. The third-order valence-electron chi connectivity index (χ3n) is 1.23. The SMILES string of the molecule is CC=C/C(C)=C/C(=O)C=C(C)C. The van der Waals surface area contributed by atoms with Gasteiger partial charge >= 0.3 is 0 Å². The molecule has 0 aliphatic carbocycles. The molecule has 0 aromatic rings. The fourth-order valence-electron chi connectivity index (χ4n) is 0.862. The Bertz CT molecular complexity index is 238. The van der Waals surface area contributed by atoms with Gasteiger partial charge in [-0.25, -0.2) is 0 Å². The molecule has 0 bridgehead atoms. The van der Waals surface area contributed by atoms with Gasteiger partial charge in [-0.05, 0) is 45.4 Å². The van der Waals surface area contributed by atoms with Crippen molar-refractivity contribution in [3.05, 3.63) is 35.5 Å². The van der Waals surface area contributed by atoms with E-state index in [2.05, 4.69) is 0 Å². The Kier molecular flexibility index (Phi) is 5.02. The van der Waals surface area contributed by atoms with Crippen LogP contribution >= 0.6 is 0 Å². The number of hydrogen-bond donors (Lipinski definition) is 0. The number of ketones is 1. The summed E-state index contributed by atoms with van der Waals surface area (Å²) in [5.74, 6) is 0.0607. The smallest absolute Gasteiger partial charge is 0.178 e. The van der Waals surface area contributed by atoms with E-state index in [9.17, 15) is 4.79 Å². The summed E-state index contributed by atoms with van der Waals surface area (Å²) in [6.07, 6.45) is 7.10. The number of carbonyl (C=O) groups excluding carboxylic acids is 1. The molecular formula is C11H16O. The van der Waals surface area contributed by atoms with Crippen molar-refractivity contribution >= 4 is 5.78 Å². The summed E-state index contributed by atoms with van der Waals surface area (Å²) in [5, 5.41) is 0. The van der Waals surface area contributed by atoms with E-state index in [1.54, 1.807) is 12.2 Å². The predicted molar refractivity (Wildman–Crippen MR) is 53.0 cm³/mol. The van der Waals surface area contributed by atoms with Crippen molar-refractivity contribution in [3.8, 4) is 0 Å². The summed E-state index contributed by atoms with van der Waals surface area (Å²) in [6.45, 7) is 7.67. The van der Waals surface area contributed by atoms with E-state index in [4.69, 9.17) is 0 Å². The van der Waals surface area contributed by atoms with Crippen LogP contribution in [0.1, 0.15) is 27.7 Å². The number of allylic oxidation sites excluding steroid dienone is 6. The third kappa shape index (κ3) is 5.66. The van der Waals surface area contributed by atoms with E-state index >= 15 is 0 Å². The second-order valence-electron chi connectivity index (χ2n) is 3.01. The zero-order valence-electron chi connectivity index (χ0n) is 8.22. The molecule has 0 unspecified atom stereocenters. The molecule has 0 saturated carbocycles. The molecule has 1 heteroatoms. The fraction of sp³-hybridized carbons (Fsp3) is 0.364. The van der Waals surface area contributed by atoms with Crippen LogP contribution in [0.4, 0.5) is 0 Å². The molecule has 0 aliphatic rings. The van der Waals surface area contributed by atoms with E-state index < -0.39 is 0 Å². The molecule has 0 aromatic heterocycles. The molecule has 1 nitrogen and oxygen atoms in total. The van der Waals surface area contributed by atoms with Crippen LogP contribution in [-0.2, 0) is 4.79 Å². The molecule has 0 N–H and O–H groups in total. The quantitative estimate of drug-likeness (QED) is 0.463. The minimum Gasteiger partial charge on any atom is -0.290 e. The van der Waals surface area contributed by atoms with Gasteiger partial charge in [0.1, 0.15) is 0 Å². The summed E-state index contributed by atoms with van der Waals surface area (Å²) >= 11 is 0. The molecule has 0 spiro atoms. The highest BCUT2D eigenvalue weighted by Gasteiger charge is 1.91. The van der Waals surface area contributed by atoms with E-state index in [1.807, 2.05) is 39.8 Å². The minimum atomic E-state index is 0.0607. The van der Waals surface area contributed by atoms with Crippen molar-refractivity contribution in [1.29, 1.82) is 0 Å². The van der Waals surface area contributed by atoms with Crippen LogP contribution in [0.5, 0.6) is 0 Å². The standard InChI is InChI=1S/C11H16O/c1-5-6-10(4)8-11(12)7-9(2)3/h5-8H,1-4H3/b6-5?,10-8+. The van der Waals surface area contributed by atoms with Gasteiger partial charge in [-0.3, -0.25) is 4.79 Å². The average Bonchev–Trinajstić information content (AvgIpc) is 1.84. The van der Waals surface area contributed by atoms with Gasteiger partial charge in [0.15, 0.2) is 5.78 Å². The molecule has 0 radical (unpaired) electrons. The normalized spacial score (nSPS) is 11.8. The van der Waals surface area contributed by atoms with Crippen molar-refractivity contribution in [2.75, 3.05) is 0 Å². The first-order chi connectivity index (χ1) is 5.56. The summed E-state index contributed by atoms with van der Waals surface area (Å²) in [5.41, 5.74) is 2.02. The third-order valence-corrected chi connectivity index (χ3v) is 1.23. The molecule has 0 heterocycles. The van der Waals surface area contributed by atoms with Crippen molar-refractivity contribution in [3.63, 3.8) is 0 Å². The van der Waals surface area contributed by atoms with Crippen LogP contribution in [0.2, 0.25) is 0 Å². The van der Waals surface area contributed by atoms with E-state index in [1.165, 1.54) is 0 Å². The van der Waals surface area contributed by atoms with Gasteiger partial charge in [-0.2, -0.15) is 0 Å². The van der Waals surface area contributed by atoms with Gasteiger partial charge in [0, 0.05) is 0 Å². The number of carbonyl (C=O) groups is 1. The van der Waals surface area contributed by atoms with Gasteiger partial charge in [0.05, 0.1) is 0 Å². The van der Waals surface area contributed by atoms with Crippen LogP contribution in [0.3, 0.4) is 0 Å². The Morgan fingerprint density at radius 3 is 2.08 bits per heavy atom. The van der Waals surface area contributed by atoms with Gasteiger partial charge < -0.3 is 0 Å². The molecule has 0 aliphatic heterocycles. The first-order valence-corrected chi connectivity index (χ1v) is 4.06. The lowest BCUT2D eigenvalue weighted by Crippen LogP contribution is -1.88. The molecule has 0 amide bonds. The molecule has 0 aromatic carbocycles. The largest absolute Gasteiger partial charge is 0.290 e. The molecule has 0 atom stereocenters. The first-order valence-electron chi connectivity index (χ1n) is 4.06. The predicted octanol–water partition coefficient (Wildman–Crippen LogP) is 3.04. The Balaban J connectivity index is 4.35. The second kappa shape index (κ2) is 5.53. The second-order valence-corrected chi connectivity index (χ2v) is 3.01. The van der Waals surface area contributed by atoms with Crippen molar-refractivity contribution in [1.82, 2.24) is 0 Å². The summed E-state index contributed by atoms with van der Waals surface area (Å²) in [6, 6.07) is 0. The van der Waals surface area contributed by atoms with Gasteiger partial charge in [-0.1, -0.05) is 17.7 Å². The summed E-state index contributed by atoms with van der Waals surface area (Å²) < 4.78 is 0. The molecule has 0 fully saturated rings. The van der Waals surface area contributed by atoms with Crippen molar-refractivity contribution in [2.24, 2.45) is 0 Å². The highest BCUT2D eigenvalue weighted by Crippen LogP contribution is 1.97. The summed E-state index contributed by atoms with van der Waals surface area (Å²) in [4.78, 5) is 11.2. The van der Waals surface area contributed by atoms with Gasteiger partial charge in [-0.15, -0.1) is 0 Å². The van der Waals surface area contributed by atoms with Crippen LogP contribution in [0.25, 0.3) is 0 Å². The highest BCUT2D eigenvalue weighted by atomic mass is 16.1. The fourth-order valence-corrected chi connectivity index (χ4v) is 0.862. The Hall–Kier alpha value is -1.11. The first kappa shape index (κ1) is 10.9. The minimum absolute atomic E-state index is 0.0607. The molecule has 12 heavy (non-hydrogen) atoms. The zero-order chi connectivity index (χ0) is 9.56. The lowest BCUT2D eigenvalue weighted by molar-refractivity contribution is -0.110.